The number of carbonyl (C=O) groups is 1. The second kappa shape index (κ2) is 11.9. The van der Waals surface area contributed by atoms with Gasteiger partial charge in [0.05, 0.1) is 5.52 Å². The number of nitrogens with one attached hydrogen (secondary N) is 1. The molecule has 1 aliphatic heterocycles. The molecular formula is C33H27Cl2FN4O. The molecule has 3 aromatic carbocycles. The number of amides is 1. The molecule has 1 aliphatic rings. The molecule has 8 heteroatoms. The highest BCUT2D eigenvalue weighted by atomic mass is 35.5. The van der Waals surface area contributed by atoms with Crippen molar-refractivity contribution in [3.05, 3.63) is 130 Å². The van der Waals surface area contributed by atoms with E-state index in [9.17, 15) is 9.18 Å². The number of fused-ring (bicyclic) bond motifs is 3. The van der Waals surface area contributed by atoms with Gasteiger partial charge in [0, 0.05) is 59.9 Å². The summed E-state index contributed by atoms with van der Waals surface area (Å²) in [5.74, 6) is -0.570. The Balaban J connectivity index is 1.32. The number of hydrogen-bond donors (Lipinski definition) is 1. The van der Waals surface area contributed by atoms with E-state index in [0.29, 0.717) is 17.1 Å². The summed E-state index contributed by atoms with van der Waals surface area (Å²) in [6.45, 7) is 2.52. The first-order valence-electron chi connectivity index (χ1n) is 13.4. The molecule has 0 saturated carbocycles. The van der Waals surface area contributed by atoms with Gasteiger partial charge < -0.3 is 5.32 Å². The van der Waals surface area contributed by atoms with E-state index in [4.69, 9.17) is 23.2 Å². The molecule has 206 valence electrons. The minimum absolute atomic E-state index is 0.203. The Kier molecular flexibility index (Phi) is 7.88. The monoisotopic (exact) mass is 584 g/mol. The number of hydrogen-bond acceptors (Lipinski definition) is 3. The van der Waals surface area contributed by atoms with Crippen molar-refractivity contribution in [2.24, 2.45) is 0 Å². The molecular weight excluding hydrogens is 558 g/mol. The molecule has 0 radical (unpaired) electrons. The van der Waals surface area contributed by atoms with E-state index in [1.807, 2.05) is 60.7 Å². The van der Waals surface area contributed by atoms with Crippen LogP contribution in [0, 0.1) is 5.95 Å². The molecule has 2 aromatic heterocycles. The highest BCUT2D eigenvalue weighted by Crippen LogP contribution is 2.34. The van der Waals surface area contributed by atoms with Gasteiger partial charge in [-0.1, -0.05) is 65.7 Å². The highest BCUT2D eigenvalue weighted by Gasteiger charge is 2.26. The molecule has 0 unspecified atom stereocenters. The number of nitrogens with zero attached hydrogens (tertiary/aromatic N) is 3. The van der Waals surface area contributed by atoms with Crippen LogP contribution in [0.25, 0.3) is 28.1 Å². The molecule has 0 spiro atoms. The van der Waals surface area contributed by atoms with Gasteiger partial charge in [-0.3, -0.25) is 9.47 Å². The summed E-state index contributed by atoms with van der Waals surface area (Å²) in [6.07, 6.45) is 6.38. The molecule has 0 atom stereocenters. The van der Waals surface area contributed by atoms with Crippen molar-refractivity contribution in [1.82, 2.24) is 19.8 Å². The number of aromatic nitrogens is 2. The normalized spacial score (nSPS) is 13.5. The molecule has 6 rings (SSSR count). The van der Waals surface area contributed by atoms with E-state index in [2.05, 4.69) is 33.4 Å². The molecule has 3 heterocycles. The molecule has 5 nitrogen and oxygen atoms in total. The summed E-state index contributed by atoms with van der Waals surface area (Å²) in [5, 5.41) is 5.40. The Hall–Kier alpha value is -3.97. The smallest absolute Gasteiger partial charge is 0.326 e. The van der Waals surface area contributed by atoms with E-state index in [1.165, 1.54) is 12.3 Å². The van der Waals surface area contributed by atoms with Gasteiger partial charge in [-0.15, -0.1) is 0 Å². The molecule has 0 fully saturated rings. The maximum atomic E-state index is 13.6. The molecule has 1 N–H and O–H groups in total. The fourth-order valence-corrected chi connectivity index (χ4v) is 5.69. The quantitative estimate of drug-likeness (QED) is 0.206. The van der Waals surface area contributed by atoms with Gasteiger partial charge in [0.1, 0.15) is 0 Å². The van der Waals surface area contributed by atoms with E-state index >= 15 is 0 Å². The number of carbonyl (C=O) groups excluding carboxylic acids is 1. The Labute approximate surface area is 247 Å². The standard InChI is InChI=1S/C33H27Cl2FN4O/c34-26-9-6-22(7-10-26)3-2-15-39-16-13-31-29(21-39)28-19-25(24-4-1-5-27(35)18-24)8-11-30(28)40(31)33(41)38-20-23-12-14-37-32(36)17-23/h1-12,14,17-19H,13,15-16,20-21H2,(H,38,41)/b3-2+. The van der Waals surface area contributed by atoms with E-state index in [-0.39, 0.29) is 12.6 Å². The number of halogens is 3. The first-order chi connectivity index (χ1) is 19.9. The number of rotatable bonds is 6. The molecule has 1 amide bonds. The summed E-state index contributed by atoms with van der Waals surface area (Å²) in [6, 6.07) is 24.5. The van der Waals surface area contributed by atoms with Crippen LogP contribution in [0.1, 0.15) is 22.4 Å². The third kappa shape index (κ3) is 6.05. The van der Waals surface area contributed by atoms with Crippen molar-refractivity contribution in [3.8, 4) is 11.1 Å². The van der Waals surface area contributed by atoms with Crippen LogP contribution >= 0.6 is 23.2 Å². The van der Waals surface area contributed by atoms with Gasteiger partial charge in [0.2, 0.25) is 5.95 Å². The van der Waals surface area contributed by atoms with Crippen molar-refractivity contribution < 1.29 is 9.18 Å². The lowest BCUT2D eigenvalue weighted by Crippen LogP contribution is -2.34. The fourth-order valence-electron chi connectivity index (χ4n) is 5.37. The zero-order valence-electron chi connectivity index (χ0n) is 22.2. The molecule has 0 aliphatic carbocycles. The van der Waals surface area contributed by atoms with Crippen LogP contribution in [0.5, 0.6) is 0 Å². The van der Waals surface area contributed by atoms with Crippen molar-refractivity contribution in [3.63, 3.8) is 0 Å². The Bertz CT molecular complexity index is 1760. The Morgan fingerprint density at radius 2 is 1.80 bits per heavy atom. The minimum atomic E-state index is -0.570. The van der Waals surface area contributed by atoms with E-state index in [0.717, 1.165) is 63.4 Å². The topological polar surface area (TPSA) is 50.2 Å². The summed E-state index contributed by atoms with van der Waals surface area (Å²) in [4.78, 5) is 19.5. The average Bonchev–Trinajstić information content (AvgIpc) is 3.30. The first-order valence-corrected chi connectivity index (χ1v) is 14.2. The molecule has 0 saturated heterocycles. The van der Waals surface area contributed by atoms with Crippen molar-refractivity contribution >= 4 is 46.2 Å². The van der Waals surface area contributed by atoms with E-state index < -0.39 is 5.95 Å². The third-order valence-electron chi connectivity index (χ3n) is 7.37. The van der Waals surface area contributed by atoms with E-state index in [1.54, 1.807) is 10.6 Å². The van der Waals surface area contributed by atoms with Crippen molar-refractivity contribution in [2.45, 2.75) is 19.5 Å². The van der Waals surface area contributed by atoms with Crippen molar-refractivity contribution in [2.75, 3.05) is 13.1 Å². The van der Waals surface area contributed by atoms with Crippen LogP contribution in [0.15, 0.2) is 91.1 Å². The van der Waals surface area contributed by atoms with Crippen LogP contribution in [0.2, 0.25) is 10.0 Å². The zero-order valence-corrected chi connectivity index (χ0v) is 23.7. The lowest BCUT2D eigenvalue weighted by Gasteiger charge is -2.27. The SMILES string of the molecule is O=C(NCc1ccnc(F)c1)n1c2c(c3cc(-c4cccc(Cl)c4)ccc31)CN(C/C=C/c1ccc(Cl)cc1)CC2. The summed E-state index contributed by atoms with van der Waals surface area (Å²) < 4.78 is 15.4. The first kappa shape index (κ1) is 27.2. The zero-order chi connectivity index (χ0) is 28.3. The summed E-state index contributed by atoms with van der Waals surface area (Å²) in [7, 11) is 0. The van der Waals surface area contributed by atoms with Gasteiger partial charge in [-0.05, 0) is 76.3 Å². The van der Waals surface area contributed by atoms with Crippen LogP contribution in [-0.2, 0) is 19.5 Å². The summed E-state index contributed by atoms with van der Waals surface area (Å²) >= 11 is 12.3. The Morgan fingerprint density at radius 1 is 0.976 bits per heavy atom. The Morgan fingerprint density at radius 3 is 2.61 bits per heavy atom. The average molecular weight is 586 g/mol. The van der Waals surface area contributed by atoms with Gasteiger partial charge in [0.25, 0.3) is 0 Å². The van der Waals surface area contributed by atoms with Crippen LogP contribution in [0.4, 0.5) is 9.18 Å². The maximum absolute atomic E-state index is 13.6. The second-order valence-electron chi connectivity index (χ2n) is 10.1. The summed E-state index contributed by atoms with van der Waals surface area (Å²) in [5.41, 5.74) is 6.78. The van der Waals surface area contributed by atoms with Crippen LogP contribution < -0.4 is 5.32 Å². The predicted molar refractivity (Wildman–Crippen MR) is 164 cm³/mol. The number of benzene rings is 3. The molecule has 41 heavy (non-hydrogen) atoms. The predicted octanol–water partition coefficient (Wildman–Crippen LogP) is 7.98. The second-order valence-corrected chi connectivity index (χ2v) is 11.0. The maximum Gasteiger partial charge on any atom is 0.326 e. The van der Waals surface area contributed by atoms with Crippen molar-refractivity contribution in [1.29, 1.82) is 0 Å². The minimum Gasteiger partial charge on any atom is -0.333 e. The molecule has 5 aromatic rings. The van der Waals surface area contributed by atoms with Crippen LogP contribution in [0.3, 0.4) is 0 Å². The lowest BCUT2D eigenvalue weighted by molar-refractivity contribution is 0.240. The lowest BCUT2D eigenvalue weighted by atomic mass is 10.00. The number of pyridine rings is 1. The van der Waals surface area contributed by atoms with Gasteiger partial charge in [0.15, 0.2) is 0 Å². The molecule has 0 bridgehead atoms. The van der Waals surface area contributed by atoms with Gasteiger partial charge in [-0.2, -0.15) is 4.39 Å². The van der Waals surface area contributed by atoms with Gasteiger partial charge in [-0.25, -0.2) is 9.78 Å². The van der Waals surface area contributed by atoms with Crippen LogP contribution in [-0.4, -0.2) is 33.6 Å². The third-order valence-corrected chi connectivity index (χ3v) is 7.85. The largest absolute Gasteiger partial charge is 0.333 e. The highest BCUT2D eigenvalue weighted by molar-refractivity contribution is 6.31. The fraction of sp³-hybridized carbons (Fsp3) is 0.152. The van der Waals surface area contributed by atoms with Gasteiger partial charge >= 0.3 is 6.03 Å².